The van der Waals surface area contributed by atoms with Gasteiger partial charge in [-0.05, 0) is 30.7 Å². The number of halogens is 1. The van der Waals surface area contributed by atoms with Crippen molar-refractivity contribution in [2.24, 2.45) is 0 Å². The molecule has 0 unspecified atom stereocenters. The highest BCUT2D eigenvalue weighted by molar-refractivity contribution is 7.89. The SMILES string of the molecule is COc1ccc(S(=O)(=O)N(C)CC(=O)N2CCNCC2)cc1C.Cl. The topological polar surface area (TPSA) is 79.0 Å². The number of benzene rings is 1. The molecule has 0 spiro atoms. The number of carbonyl (C=O) groups is 1. The fourth-order valence-electron chi connectivity index (χ4n) is 2.48. The van der Waals surface area contributed by atoms with Crippen LogP contribution in [0.2, 0.25) is 0 Å². The van der Waals surface area contributed by atoms with Gasteiger partial charge in [0, 0.05) is 33.2 Å². The van der Waals surface area contributed by atoms with E-state index in [4.69, 9.17) is 4.74 Å². The second-order valence-corrected chi connectivity index (χ2v) is 7.57. The van der Waals surface area contributed by atoms with Gasteiger partial charge in [-0.2, -0.15) is 4.31 Å². The van der Waals surface area contributed by atoms with E-state index in [2.05, 4.69) is 5.32 Å². The van der Waals surface area contributed by atoms with Crippen LogP contribution < -0.4 is 10.1 Å². The minimum atomic E-state index is -3.71. The summed E-state index contributed by atoms with van der Waals surface area (Å²) < 4.78 is 31.4. The van der Waals surface area contributed by atoms with Crippen LogP contribution in [-0.2, 0) is 14.8 Å². The summed E-state index contributed by atoms with van der Waals surface area (Å²) in [6, 6.07) is 4.67. The van der Waals surface area contributed by atoms with Gasteiger partial charge >= 0.3 is 0 Å². The van der Waals surface area contributed by atoms with Crippen LogP contribution in [0, 0.1) is 6.92 Å². The molecule has 136 valence electrons. The smallest absolute Gasteiger partial charge is 0.243 e. The van der Waals surface area contributed by atoms with E-state index in [-0.39, 0.29) is 29.8 Å². The van der Waals surface area contributed by atoms with Crippen LogP contribution in [0.25, 0.3) is 0 Å². The summed E-state index contributed by atoms with van der Waals surface area (Å²) in [5.74, 6) is 0.450. The van der Waals surface area contributed by atoms with Gasteiger partial charge in [-0.1, -0.05) is 0 Å². The number of sulfonamides is 1. The second kappa shape index (κ2) is 8.66. The summed E-state index contributed by atoms with van der Waals surface area (Å²) in [5, 5.41) is 3.16. The first-order valence-electron chi connectivity index (χ1n) is 7.45. The molecule has 0 saturated carbocycles. The molecule has 0 bridgehead atoms. The molecule has 0 aromatic heterocycles. The number of carbonyl (C=O) groups excluding carboxylic acids is 1. The zero-order chi connectivity index (χ0) is 17.0. The van der Waals surface area contributed by atoms with Crippen LogP contribution in [0.4, 0.5) is 0 Å². The Morgan fingerprint density at radius 3 is 2.50 bits per heavy atom. The van der Waals surface area contributed by atoms with Gasteiger partial charge in [-0.25, -0.2) is 8.42 Å². The number of ether oxygens (including phenoxy) is 1. The molecule has 1 aromatic rings. The highest BCUT2D eigenvalue weighted by Gasteiger charge is 2.26. The maximum absolute atomic E-state index is 12.6. The molecule has 7 nitrogen and oxygen atoms in total. The van der Waals surface area contributed by atoms with Crippen molar-refractivity contribution in [3.63, 3.8) is 0 Å². The number of nitrogens with zero attached hydrogens (tertiary/aromatic N) is 2. The lowest BCUT2D eigenvalue weighted by molar-refractivity contribution is -0.131. The molecular weight excluding hydrogens is 354 g/mol. The summed E-state index contributed by atoms with van der Waals surface area (Å²) in [6.07, 6.45) is 0. The largest absolute Gasteiger partial charge is 0.496 e. The van der Waals surface area contributed by atoms with Crippen molar-refractivity contribution in [3.05, 3.63) is 23.8 Å². The van der Waals surface area contributed by atoms with Gasteiger partial charge < -0.3 is 15.0 Å². The summed E-state index contributed by atoms with van der Waals surface area (Å²) in [4.78, 5) is 14.1. The lowest BCUT2D eigenvalue weighted by atomic mass is 10.2. The van der Waals surface area contributed by atoms with E-state index in [1.807, 2.05) is 0 Å². The molecule has 2 rings (SSSR count). The minimum absolute atomic E-state index is 0. The van der Waals surface area contributed by atoms with E-state index < -0.39 is 10.0 Å². The Hall–Kier alpha value is -1.35. The highest BCUT2D eigenvalue weighted by atomic mass is 35.5. The first kappa shape index (κ1) is 20.7. The van der Waals surface area contributed by atoms with Crippen LogP contribution in [0.5, 0.6) is 5.75 Å². The number of rotatable bonds is 5. The third kappa shape index (κ3) is 4.60. The van der Waals surface area contributed by atoms with Gasteiger partial charge in [-0.15, -0.1) is 12.4 Å². The Bertz CT molecular complexity index is 675. The van der Waals surface area contributed by atoms with Crippen molar-refractivity contribution < 1.29 is 17.9 Å². The average Bonchev–Trinajstić information content (AvgIpc) is 2.55. The van der Waals surface area contributed by atoms with Crippen LogP contribution >= 0.6 is 12.4 Å². The lowest BCUT2D eigenvalue weighted by Gasteiger charge is -2.29. The molecule has 1 saturated heterocycles. The monoisotopic (exact) mass is 377 g/mol. The van der Waals surface area contributed by atoms with E-state index in [0.717, 1.165) is 23.0 Å². The third-order valence-corrected chi connectivity index (χ3v) is 5.70. The fraction of sp³-hybridized carbons (Fsp3) is 0.533. The van der Waals surface area contributed by atoms with E-state index in [1.54, 1.807) is 24.0 Å². The number of amides is 1. The van der Waals surface area contributed by atoms with E-state index in [1.165, 1.54) is 20.2 Å². The number of aryl methyl sites for hydroxylation is 1. The van der Waals surface area contributed by atoms with Gasteiger partial charge in [0.05, 0.1) is 18.6 Å². The maximum Gasteiger partial charge on any atom is 0.243 e. The Morgan fingerprint density at radius 2 is 1.96 bits per heavy atom. The standard InChI is InChI=1S/C15H23N3O4S.ClH/c1-12-10-13(4-5-14(12)22-3)23(20,21)17(2)11-15(19)18-8-6-16-7-9-18;/h4-5,10,16H,6-9,11H2,1-3H3;1H. The van der Waals surface area contributed by atoms with Crippen LogP contribution in [0.3, 0.4) is 0 Å². The molecule has 0 radical (unpaired) electrons. The zero-order valence-electron chi connectivity index (χ0n) is 14.1. The molecule has 1 amide bonds. The molecule has 9 heteroatoms. The normalized spacial score (nSPS) is 15.1. The average molecular weight is 378 g/mol. The van der Waals surface area contributed by atoms with Crippen molar-refractivity contribution >= 4 is 28.3 Å². The molecule has 1 heterocycles. The van der Waals surface area contributed by atoms with Crippen molar-refractivity contribution in [2.45, 2.75) is 11.8 Å². The Balaban J connectivity index is 0.00000288. The van der Waals surface area contributed by atoms with Crippen molar-refractivity contribution in [2.75, 3.05) is 46.9 Å². The number of nitrogens with one attached hydrogen (secondary N) is 1. The summed E-state index contributed by atoms with van der Waals surface area (Å²) in [7, 11) is -0.743. The van der Waals surface area contributed by atoms with Crippen molar-refractivity contribution in [1.29, 1.82) is 0 Å². The van der Waals surface area contributed by atoms with Gasteiger partial charge in [0.1, 0.15) is 5.75 Å². The predicted molar refractivity (Wildman–Crippen MR) is 94.2 cm³/mol. The van der Waals surface area contributed by atoms with Crippen molar-refractivity contribution in [3.8, 4) is 5.75 Å². The minimum Gasteiger partial charge on any atom is -0.496 e. The first-order chi connectivity index (χ1) is 10.9. The second-order valence-electron chi connectivity index (χ2n) is 5.52. The number of likely N-dealkylation sites (N-methyl/N-ethyl adjacent to an activating group) is 1. The quantitative estimate of drug-likeness (QED) is 0.807. The number of piperazine rings is 1. The molecule has 1 aliphatic heterocycles. The lowest BCUT2D eigenvalue weighted by Crippen LogP contribution is -2.49. The molecule has 1 aromatic carbocycles. The van der Waals surface area contributed by atoms with E-state index in [9.17, 15) is 13.2 Å². The summed E-state index contributed by atoms with van der Waals surface area (Å²) in [6.45, 7) is 4.31. The van der Waals surface area contributed by atoms with Gasteiger partial charge in [0.25, 0.3) is 0 Å². The molecule has 1 aliphatic rings. The fourth-order valence-corrected chi connectivity index (χ4v) is 3.69. The first-order valence-corrected chi connectivity index (χ1v) is 8.89. The van der Waals surface area contributed by atoms with E-state index in [0.29, 0.717) is 18.8 Å². The van der Waals surface area contributed by atoms with Gasteiger partial charge in [0.2, 0.25) is 15.9 Å². The zero-order valence-corrected chi connectivity index (χ0v) is 15.7. The molecule has 0 atom stereocenters. The Labute approximate surface area is 149 Å². The van der Waals surface area contributed by atoms with E-state index >= 15 is 0 Å². The van der Waals surface area contributed by atoms with Gasteiger partial charge in [-0.3, -0.25) is 4.79 Å². The van der Waals surface area contributed by atoms with Gasteiger partial charge in [0.15, 0.2) is 0 Å². The van der Waals surface area contributed by atoms with Crippen LogP contribution in [0.1, 0.15) is 5.56 Å². The number of hydrogen-bond donors (Lipinski definition) is 1. The van der Waals surface area contributed by atoms with Crippen LogP contribution in [-0.4, -0.2) is 70.4 Å². The van der Waals surface area contributed by atoms with Crippen LogP contribution in [0.15, 0.2) is 23.1 Å². The van der Waals surface area contributed by atoms with Crippen molar-refractivity contribution in [1.82, 2.24) is 14.5 Å². The number of hydrogen-bond acceptors (Lipinski definition) is 5. The molecule has 1 fully saturated rings. The molecule has 0 aliphatic carbocycles. The molecular formula is C15H24ClN3O4S. The summed E-state index contributed by atoms with van der Waals surface area (Å²) >= 11 is 0. The predicted octanol–water partition coefficient (Wildman–Crippen LogP) is 0.478. The number of methoxy groups -OCH3 is 1. The molecule has 24 heavy (non-hydrogen) atoms. The Kier molecular flexibility index (Phi) is 7.47. The third-order valence-electron chi connectivity index (χ3n) is 3.90. The Morgan fingerprint density at radius 1 is 1.33 bits per heavy atom. The highest BCUT2D eigenvalue weighted by Crippen LogP contribution is 2.23. The molecule has 1 N–H and O–H groups in total. The maximum atomic E-state index is 12.6. The summed E-state index contributed by atoms with van der Waals surface area (Å²) in [5.41, 5.74) is 0.732.